The van der Waals surface area contributed by atoms with Crippen molar-refractivity contribution in [2.75, 3.05) is 39.3 Å². The summed E-state index contributed by atoms with van der Waals surface area (Å²) < 4.78 is 0. The molecule has 0 atom stereocenters. The van der Waals surface area contributed by atoms with Gasteiger partial charge in [-0.3, -0.25) is 9.80 Å². The molecule has 0 radical (unpaired) electrons. The van der Waals surface area contributed by atoms with E-state index < -0.39 is 0 Å². The molecule has 100 valence electrons. The Bertz CT molecular complexity index is 395. The number of aromatic nitrogens is 1. The summed E-state index contributed by atoms with van der Waals surface area (Å²) in [5.74, 6) is 0. The maximum atomic E-state index is 8.89. The van der Waals surface area contributed by atoms with Crippen LogP contribution in [0.15, 0.2) is 12.1 Å². The van der Waals surface area contributed by atoms with Crippen molar-refractivity contribution >= 4 is 23.2 Å². The number of nitrogens with zero attached hydrogens (tertiary/aromatic N) is 3. The van der Waals surface area contributed by atoms with Crippen LogP contribution in [-0.4, -0.2) is 59.2 Å². The second-order valence-corrected chi connectivity index (χ2v) is 5.20. The van der Waals surface area contributed by atoms with Crippen molar-refractivity contribution in [1.29, 1.82) is 0 Å². The van der Waals surface area contributed by atoms with Crippen LogP contribution in [0.5, 0.6) is 0 Å². The lowest BCUT2D eigenvalue weighted by atomic mass is 10.2. The minimum Gasteiger partial charge on any atom is -0.395 e. The lowest BCUT2D eigenvalue weighted by Crippen LogP contribution is -2.46. The van der Waals surface area contributed by atoms with Gasteiger partial charge in [-0.15, -0.1) is 0 Å². The molecule has 1 aliphatic rings. The van der Waals surface area contributed by atoms with Gasteiger partial charge in [0, 0.05) is 39.3 Å². The standard InChI is InChI=1S/C12H17Cl2N3O/c13-10-1-2-12(14)15-11(10)9-17-5-3-16(4-6-17)7-8-18/h1-2,18H,3-9H2. The summed E-state index contributed by atoms with van der Waals surface area (Å²) in [7, 11) is 0. The fourth-order valence-corrected chi connectivity index (χ4v) is 2.42. The first kappa shape index (κ1) is 14.0. The second kappa shape index (κ2) is 6.68. The van der Waals surface area contributed by atoms with E-state index in [2.05, 4.69) is 14.8 Å². The summed E-state index contributed by atoms with van der Waals surface area (Å²) in [4.78, 5) is 8.82. The lowest BCUT2D eigenvalue weighted by molar-refractivity contribution is 0.108. The van der Waals surface area contributed by atoms with E-state index in [1.54, 1.807) is 12.1 Å². The third-order valence-corrected chi connectivity index (χ3v) is 3.69. The number of piperazine rings is 1. The molecule has 0 aromatic carbocycles. The van der Waals surface area contributed by atoms with Gasteiger partial charge >= 0.3 is 0 Å². The molecule has 1 N–H and O–H groups in total. The molecule has 2 heterocycles. The highest BCUT2D eigenvalue weighted by Crippen LogP contribution is 2.19. The van der Waals surface area contributed by atoms with Crippen molar-refractivity contribution in [3.8, 4) is 0 Å². The summed E-state index contributed by atoms with van der Waals surface area (Å²) in [6.45, 7) is 5.57. The zero-order chi connectivity index (χ0) is 13.0. The van der Waals surface area contributed by atoms with Gasteiger partial charge in [-0.25, -0.2) is 4.98 Å². The number of β-amino-alcohol motifs (C(OH)–C–C–N with tert-alkyl or cyclic N) is 1. The fraction of sp³-hybridized carbons (Fsp3) is 0.583. The Balaban J connectivity index is 1.89. The Morgan fingerprint density at radius 2 is 1.78 bits per heavy atom. The monoisotopic (exact) mass is 289 g/mol. The van der Waals surface area contributed by atoms with Crippen LogP contribution in [0.25, 0.3) is 0 Å². The van der Waals surface area contributed by atoms with Crippen molar-refractivity contribution in [3.63, 3.8) is 0 Å². The molecular formula is C12H17Cl2N3O. The van der Waals surface area contributed by atoms with E-state index in [1.165, 1.54) is 0 Å². The fourth-order valence-electron chi connectivity index (χ4n) is 2.09. The number of aliphatic hydroxyl groups is 1. The molecule has 0 amide bonds. The number of rotatable bonds is 4. The van der Waals surface area contributed by atoms with Crippen LogP contribution in [0.3, 0.4) is 0 Å². The smallest absolute Gasteiger partial charge is 0.129 e. The van der Waals surface area contributed by atoms with Gasteiger partial charge in [-0.2, -0.15) is 0 Å². The first-order valence-electron chi connectivity index (χ1n) is 6.05. The lowest BCUT2D eigenvalue weighted by Gasteiger charge is -2.34. The molecule has 1 fully saturated rings. The molecule has 4 nitrogen and oxygen atoms in total. The number of hydrogen-bond donors (Lipinski definition) is 1. The number of halogens is 2. The van der Waals surface area contributed by atoms with E-state index in [4.69, 9.17) is 28.3 Å². The highest BCUT2D eigenvalue weighted by molar-refractivity contribution is 6.32. The van der Waals surface area contributed by atoms with Gasteiger partial charge in [0.15, 0.2) is 0 Å². The Hall–Kier alpha value is -0.390. The summed E-state index contributed by atoms with van der Waals surface area (Å²) in [5, 5.41) is 10.0. The van der Waals surface area contributed by atoms with Crippen LogP contribution in [0.1, 0.15) is 5.69 Å². The van der Waals surface area contributed by atoms with Gasteiger partial charge in [0.25, 0.3) is 0 Å². The Kier molecular flexibility index (Phi) is 5.21. The predicted molar refractivity (Wildman–Crippen MR) is 73.1 cm³/mol. The minimum atomic E-state index is 0.224. The Morgan fingerprint density at radius 3 is 2.44 bits per heavy atom. The van der Waals surface area contributed by atoms with Crippen LogP contribution in [-0.2, 0) is 6.54 Å². The largest absolute Gasteiger partial charge is 0.395 e. The van der Waals surface area contributed by atoms with Crippen LogP contribution < -0.4 is 0 Å². The van der Waals surface area contributed by atoms with Crippen LogP contribution in [0, 0.1) is 0 Å². The van der Waals surface area contributed by atoms with Crippen molar-refractivity contribution in [2.45, 2.75) is 6.54 Å². The van der Waals surface area contributed by atoms with Gasteiger partial charge in [0.05, 0.1) is 17.3 Å². The molecular weight excluding hydrogens is 273 g/mol. The van der Waals surface area contributed by atoms with E-state index in [0.29, 0.717) is 10.2 Å². The number of aliphatic hydroxyl groups excluding tert-OH is 1. The Labute approximate surface area is 117 Å². The Morgan fingerprint density at radius 1 is 1.11 bits per heavy atom. The third kappa shape index (κ3) is 3.80. The average molecular weight is 290 g/mol. The molecule has 0 bridgehead atoms. The number of pyridine rings is 1. The van der Waals surface area contributed by atoms with Gasteiger partial charge < -0.3 is 5.11 Å². The van der Waals surface area contributed by atoms with Crippen molar-refractivity contribution in [1.82, 2.24) is 14.8 Å². The van der Waals surface area contributed by atoms with Crippen molar-refractivity contribution in [3.05, 3.63) is 28.0 Å². The third-order valence-electron chi connectivity index (χ3n) is 3.14. The zero-order valence-corrected chi connectivity index (χ0v) is 11.7. The van der Waals surface area contributed by atoms with E-state index in [0.717, 1.165) is 45.0 Å². The molecule has 18 heavy (non-hydrogen) atoms. The van der Waals surface area contributed by atoms with Gasteiger partial charge in [0.1, 0.15) is 5.15 Å². The zero-order valence-electron chi connectivity index (χ0n) is 10.1. The van der Waals surface area contributed by atoms with Gasteiger partial charge in [-0.05, 0) is 12.1 Å². The molecule has 0 aliphatic carbocycles. The maximum Gasteiger partial charge on any atom is 0.129 e. The first-order valence-corrected chi connectivity index (χ1v) is 6.81. The molecule has 1 saturated heterocycles. The molecule has 0 spiro atoms. The molecule has 1 aromatic heterocycles. The summed E-state index contributed by atoms with van der Waals surface area (Å²) in [5.41, 5.74) is 0.833. The molecule has 6 heteroatoms. The van der Waals surface area contributed by atoms with Gasteiger partial charge in [0.2, 0.25) is 0 Å². The van der Waals surface area contributed by atoms with Crippen LogP contribution in [0.4, 0.5) is 0 Å². The SMILES string of the molecule is OCCN1CCN(Cc2nc(Cl)ccc2Cl)CC1. The highest BCUT2D eigenvalue weighted by Gasteiger charge is 2.17. The maximum absolute atomic E-state index is 8.89. The normalized spacial score (nSPS) is 18.2. The van der Waals surface area contributed by atoms with Gasteiger partial charge in [-0.1, -0.05) is 23.2 Å². The minimum absolute atomic E-state index is 0.224. The second-order valence-electron chi connectivity index (χ2n) is 4.40. The molecule has 1 aromatic rings. The summed E-state index contributed by atoms with van der Waals surface area (Å²) in [6, 6.07) is 3.49. The van der Waals surface area contributed by atoms with E-state index >= 15 is 0 Å². The van der Waals surface area contributed by atoms with E-state index in [-0.39, 0.29) is 6.61 Å². The molecule has 2 rings (SSSR count). The molecule has 1 aliphatic heterocycles. The van der Waals surface area contributed by atoms with E-state index in [1.807, 2.05) is 0 Å². The number of hydrogen-bond acceptors (Lipinski definition) is 4. The highest BCUT2D eigenvalue weighted by atomic mass is 35.5. The first-order chi connectivity index (χ1) is 8.69. The molecule has 0 saturated carbocycles. The van der Waals surface area contributed by atoms with Crippen molar-refractivity contribution in [2.24, 2.45) is 0 Å². The predicted octanol–water partition coefficient (Wildman–Crippen LogP) is 1.50. The summed E-state index contributed by atoms with van der Waals surface area (Å²) >= 11 is 12.0. The summed E-state index contributed by atoms with van der Waals surface area (Å²) in [6.07, 6.45) is 0. The van der Waals surface area contributed by atoms with Crippen LogP contribution >= 0.6 is 23.2 Å². The van der Waals surface area contributed by atoms with E-state index in [9.17, 15) is 0 Å². The average Bonchev–Trinajstić information content (AvgIpc) is 2.37. The van der Waals surface area contributed by atoms with Crippen molar-refractivity contribution < 1.29 is 5.11 Å². The molecule has 0 unspecified atom stereocenters. The topological polar surface area (TPSA) is 39.6 Å². The quantitative estimate of drug-likeness (QED) is 0.853. The van der Waals surface area contributed by atoms with Crippen LogP contribution in [0.2, 0.25) is 10.2 Å².